The van der Waals surface area contributed by atoms with E-state index in [2.05, 4.69) is 21.3 Å². The van der Waals surface area contributed by atoms with Gasteiger partial charge in [-0.2, -0.15) is 4.98 Å². The van der Waals surface area contributed by atoms with Crippen LogP contribution in [0, 0.1) is 12.3 Å². The Bertz CT molecular complexity index is 462. The molecule has 1 atom stereocenters. The van der Waals surface area contributed by atoms with Crippen molar-refractivity contribution in [2.24, 2.45) is 0 Å². The number of aromatic nitrogens is 3. The molecule has 0 spiro atoms. The first kappa shape index (κ1) is 9.53. The molecule has 0 aliphatic carbocycles. The number of hydrogen-bond donors (Lipinski definition) is 1. The van der Waals surface area contributed by atoms with Crippen LogP contribution in [0.3, 0.4) is 0 Å². The van der Waals surface area contributed by atoms with Crippen LogP contribution in [0.15, 0.2) is 24.4 Å². The Hall–Kier alpha value is -2.02. The predicted octanol–water partition coefficient (Wildman–Crippen LogP) is 1.55. The van der Waals surface area contributed by atoms with E-state index >= 15 is 0 Å². The summed E-state index contributed by atoms with van der Waals surface area (Å²) in [6.45, 7) is 2.02. The standard InChI is InChI=1S/C11H12N4/c1-3-9(4-2)12-11-13-10-7-5-6-8-15(10)14-11/h1,5-9H,4H2,2H3,(H,12,14). The topological polar surface area (TPSA) is 42.2 Å². The van der Waals surface area contributed by atoms with Crippen molar-refractivity contribution in [3.63, 3.8) is 0 Å². The van der Waals surface area contributed by atoms with Gasteiger partial charge in [0.1, 0.15) is 0 Å². The van der Waals surface area contributed by atoms with E-state index in [0.29, 0.717) is 5.95 Å². The minimum Gasteiger partial charge on any atom is -0.339 e. The second-order valence-electron chi connectivity index (χ2n) is 3.21. The molecule has 1 N–H and O–H groups in total. The molecule has 0 radical (unpaired) electrons. The van der Waals surface area contributed by atoms with Gasteiger partial charge >= 0.3 is 0 Å². The third kappa shape index (κ3) is 1.91. The van der Waals surface area contributed by atoms with Gasteiger partial charge in [-0.25, -0.2) is 4.52 Å². The highest BCUT2D eigenvalue weighted by atomic mass is 15.3. The largest absolute Gasteiger partial charge is 0.339 e. The molecule has 4 nitrogen and oxygen atoms in total. The maximum atomic E-state index is 5.35. The van der Waals surface area contributed by atoms with Gasteiger partial charge in [-0.3, -0.25) is 0 Å². The molecule has 2 aromatic heterocycles. The zero-order valence-electron chi connectivity index (χ0n) is 8.51. The van der Waals surface area contributed by atoms with E-state index in [1.807, 2.05) is 31.3 Å². The molecule has 0 saturated heterocycles. The highest BCUT2D eigenvalue weighted by Crippen LogP contribution is 2.06. The van der Waals surface area contributed by atoms with Crippen LogP contribution in [0.5, 0.6) is 0 Å². The minimum absolute atomic E-state index is 0.0117. The molecule has 1 unspecified atom stereocenters. The third-order valence-corrected chi connectivity index (χ3v) is 2.15. The molecular weight excluding hydrogens is 188 g/mol. The van der Waals surface area contributed by atoms with Crippen LogP contribution in [0.4, 0.5) is 5.95 Å². The number of hydrogen-bond acceptors (Lipinski definition) is 3. The van der Waals surface area contributed by atoms with Gasteiger partial charge < -0.3 is 5.32 Å². The molecule has 4 heteroatoms. The Morgan fingerprint density at radius 2 is 2.47 bits per heavy atom. The summed E-state index contributed by atoms with van der Waals surface area (Å²) in [6.07, 6.45) is 8.06. The molecule has 2 heterocycles. The highest BCUT2D eigenvalue weighted by molar-refractivity contribution is 5.43. The number of pyridine rings is 1. The van der Waals surface area contributed by atoms with Crippen molar-refractivity contribution in [2.75, 3.05) is 5.32 Å². The van der Waals surface area contributed by atoms with Crippen molar-refractivity contribution in [3.8, 4) is 12.3 Å². The molecule has 76 valence electrons. The van der Waals surface area contributed by atoms with E-state index in [1.54, 1.807) is 4.52 Å². The number of anilines is 1. The maximum Gasteiger partial charge on any atom is 0.244 e. The van der Waals surface area contributed by atoms with Crippen LogP contribution in [0.1, 0.15) is 13.3 Å². The van der Waals surface area contributed by atoms with Crippen molar-refractivity contribution < 1.29 is 0 Å². The number of rotatable bonds is 3. The van der Waals surface area contributed by atoms with Crippen LogP contribution in [0.25, 0.3) is 5.65 Å². The van der Waals surface area contributed by atoms with Crippen molar-refractivity contribution in [1.82, 2.24) is 14.6 Å². The van der Waals surface area contributed by atoms with Crippen LogP contribution < -0.4 is 5.32 Å². The lowest BCUT2D eigenvalue weighted by atomic mass is 10.2. The number of fused-ring (bicyclic) bond motifs is 1. The smallest absolute Gasteiger partial charge is 0.244 e. The van der Waals surface area contributed by atoms with Crippen molar-refractivity contribution in [2.45, 2.75) is 19.4 Å². The SMILES string of the molecule is C#CC(CC)Nc1nc2ccccn2n1. The van der Waals surface area contributed by atoms with E-state index in [-0.39, 0.29) is 6.04 Å². The average molecular weight is 200 g/mol. The van der Waals surface area contributed by atoms with Crippen LogP contribution in [-0.2, 0) is 0 Å². The van der Waals surface area contributed by atoms with Crippen LogP contribution in [-0.4, -0.2) is 20.6 Å². The summed E-state index contributed by atoms with van der Waals surface area (Å²) in [6, 6.07) is 5.72. The van der Waals surface area contributed by atoms with Crippen molar-refractivity contribution >= 4 is 11.6 Å². The van der Waals surface area contributed by atoms with Gasteiger partial charge in [-0.1, -0.05) is 18.9 Å². The Balaban J connectivity index is 2.26. The summed E-state index contributed by atoms with van der Waals surface area (Å²) < 4.78 is 1.71. The van der Waals surface area contributed by atoms with Crippen LogP contribution >= 0.6 is 0 Å². The summed E-state index contributed by atoms with van der Waals surface area (Å²) >= 11 is 0. The molecule has 0 bridgehead atoms. The number of nitrogens with one attached hydrogen (secondary N) is 1. The van der Waals surface area contributed by atoms with Gasteiger partial charge in [0.05, 0.1) is 6.04 Å². The monoisotopic (exact) mass is 200 g/mol. The van der Waals surface area contributed by atoms with Gasteiger partial charge in [0.25, 0.3) is 0 Å². The molecule has 0 saturated carbocycles. The zero-order chi connectivity index (χ0) is 10.7. The predicted molar refractivity (Wildman–Crippen MR) is 59.5 cm³/mol. The van der Waals surface area contributed by atoms with Crippen molar-refractivity contribution in [3.05, 3.63) is 24.4 Å². The average Bonchev–Trinajstić information content (AvgIpc) is 2.68. The molecule has 15 heavy (non-hydrogen) atoms. The van der Waals surface area contributed by atoms with Gasteiger partial charge in [-0.05, 0) is 18.6 Å². The molecule has 2 aromatic rings. The van der Waals surface area contributed by atoms with Crippen LogP contribution in [0.2, 0.25) is 0 Å². The van der Waals surface area contributed by atoms with E-state index in [9.17, 15) is 0 Å². The maximum absolute atomic E-state index is 5.35. The summed E-state index contributed by atoms with van der Waals surface area (Å²) in [5.41, 5.74) is 0.812. The third-order valence-electron chi connectivity index (χ3n) is 2.15. The summed E-state index contributed by atoms with van der Waals surface area (Å²) in [5, 5.41) is 7.34. The van der Waals surface area contributed by atoms with Crippen molar-refractivity contribution in [1.29, 1.82) is 0 Å². The molecular formula is C11H12N4. The van der Waals surface area contributed by atoms with E-state index in [1.165, 1.54) is 0 Å². The Morgan fingerprint density at radius 3 is 3.13 bits per heavy atom. The molecule has 0 aliphatic heterocycles. The number of nitrogens with zero attached hydrogens (tertiary/aromatic N) is 3. The minimum atomic E-state index is -0.0117. The molecule has 2 rings (SSSR count). The van der Waals surface area contributed by atoms with Gasteiger partial charge in [0.15, 0.2) is 5.65 Å². The molecule has 0 amide bonds. The Kier molecular flexibility index (Phi) is 2.55. The Labute approximate surface area is 88.3 Å². The zero-order valence-corrected chi connectivity index (χ0v) is 8.51. The Morgan fingerprint density at radius 1 is 1.60 bits per heavy atom. The summed E-state index contributed by atoms with van der Waals surface area (Å²) in [7, 11) is 0. The van der Waals surface area contributed by atoms with Gasteiger partial charge in [0, 0.05) is 6.20 Å². The first-order valence-electron chi connectivity index (χ1n) is 4.87. The lowest BCUT2D eigenvalue weighted by molar-refractivity contribution is 0.836. The first-order valence-corrected chi connectivity index (χ1v) is 4.87. The fraction of sp³-hybridized carbons (Fsp3) is 0.273. The lowest BCUT2D eigenvalue weighted by Gasteiger charge is -2.06. The quantitative estimate of drug-likeness (QED) is 0.764. The van der Waals surface area contributed by atoms with E-state index in [4.69, 9.17) is 6.42 Å². The normalized spacial score (nSPS) is 12.3. The second kappa shape index (κ2) is 4.01. The fourth-order valence-electron chi connectivity index (χ4n) is 1.31. The molecule has 0 aliphatic rings. The summed E-state index contributed by atoms with van der Waals surface area (Å²) in [5.74, 6) is 3.22. The highest BCUT2D eigenvalue weighted by Gasteiger charge is 2.06. The second-order valence-corrected chi connectivity index (χ2v) is 3.21. The fourth-order valence-corrected chi connectivity index (χ4v) is 1.31. The first-order chi connectivity index (χ1) is 7.33. The summed E-state index contributed by atoms with van der Waals surface area (Å²) in [4.78, 5) is 4.29. The van der Waals surface area contributed by atoms with Gasteiger partial charge in [0.2, 0.25) is 5.95 Å². The molecule has 0 aromatic carbocycles. The van der Waals surface area contributed by atoms with E-state index < -0.39 is 0 Å². The van der Waals surface area contributed by atoms with E-state index in [0.717, 1.165) is 12.1 Å². The van der Waals surface area contributed by atoms with Gasteiger partial charge in [-0.15, -0.1) is 11.5 Å². The number of terminal acetylenes is 1. The molecule has 0 fully saturated rings. The lowest BCUT2D eigenvalue weighted by Crippen LogP contribution is -2.16.